The lowest BCUT2D eigenvalue weighted by molar-refractivity contribution is -0.124. The summed E-state index contributed by atoms with van der Waals surface area (Å²) in [6.07, 6.45) is 9.70. The highest BCUT2D eigenvalue weighted by Gasteiger charge is 2.43. The molecule has 6 heterocycles. The number of anilines is 2. The van der Waals surface area contributed by atoms with Crippen molar-refractivity contribution in [1.82, 2.24) is 29.9 Å². The first-order valence-corrected chi connectivity index (χ1v) is 19.8. The second-order valence-electron chi connectivity index (χ2n) is 15.1. The van der Waals surface area contributed by atoms with Gasteiger partial charge in [-0.2, -0.15) is 15.0 Å². The van der Waals surface area contributed by atoms with Crippen LogP contribution >= 0.6 is 11.6 Å². The number of methoxy groups -OCH3 is 1. The molecule has 2 aromatic heterocycles. The molecule has 4 aromatic rings. The van der Waals surface area contributed by atoms with Crippen molar-refractivity contribution in [3.05, 3.63) is 70.5 Å². The maximum Gasteiger partial charge on any atom is 0.318 e. The quantitative estimate of drug-likeness (QED) is 0.179. The number of aromatic nitrogens is 4. The van der Waals surface area contributed by atoms with Gasteiger partial charge < -0.3 is 24.0 Å². The van der Waals surface area contributed by atoms with Gasteiger partial charge in [-0.25, -0.2) is 4.39 Å². The zero-order valence-corrected chi connectivity index (χ0v) is 32.9. The summed E-state index contributed by atoms with van der Waals surface area (Å²) in [6, 6.07) is 13.3. The van der Waals surface area contributed by atoms with Gasteiger partial charge in [-0.1, -0.05) is 61.8 Å². The summed E-state index contributed by atoms with van der Waals surface area (Å²) in [5, 5.41) is 6.99. The number of carbonyl (C=O) groups excluding carboxylic acids is 1. The van der Waals surface area contributed by atoms with E-state index >= 15 is 0 Å². The standard InChI is InChI=1S/C32H34ClN7O3.C7H12FN.C2H6/c1-32(14-15-32)30-35-26(43-37-30)10-11-27(41)40-16-12-21(18-40)38(2)29-22-13-17-39(19-24(22)34-31(36-29)42-3)25-9-5-7-20-6-4-8-23(33)28(20)25;8-6-4-7-2-1-3-9(7)5-6;1-2/h4-11,21H,12-19H2,1-3H3;6-7H,1-5H2;1-2H3/b11-10+;;. The number of halogens is 2. The van der Waals surface area contributed by atoms with Crippen molar-refractivity contribution in [3.8, 4) is 6.01 Å². The number of benzene rings is 2. The van der Waals surface area contributed by atoms with Crippen molar-refractivity contribution in [1.29, 1.82) is 0 Å². The van der Waals surface area contributed by atoms with Gasteiger partial charge in [-0.05, 0) is 69.0 Å². The van der Waals surface area contributed by atoms with Crippen LogP contribution in [-0.2, 0) is 23.2 Å². The van der Waals surface area contributed by atoms with E-state index in [1.807, 2.05) is 37.9 Å². The fourth-order valence-corrected chi connectivity index (χ4v) is 8.46. The Hall–Kier alpha value is -4.29. The first-order valence-electron chi connectivity index (χ1n) is 19.5. The molecule has 1 aliphatic carbocycles. The van der Waals surface area contributed by atoms with Crippen molar-refractivity contribution in [2.75, 3.05) is 56.7 Å². The minimum absolute atomic E-state index is 0.0250. The smallest absolute Gasteiger partial charge is 0.318 e. The summed E-state index contributed by atoms with van der Waals surface area (Å²) in [4.78, 5) is 35.7. The van der Waals surface area contributed by atoms with Crippen LogP contribution in [-0.4, -0.2) is 101 Å². The maximum absolute atomic E-state index is 13.0. The number of hydrogen-bond donors (Lipinski definition) is 0. The molecule has 3 unspecified atom stereocenters. The third-order valence-electron chi connectivity index (χ3n) is 11.5. The van der Waals surface area contributed by atoms with Crippen molar-refractivity contribution in [2.24, 2.45) is 0 Å². The molecule has 2 aromatic carbocycles. The predicted octanol–water partition coefficient (Wildman–Crippen LogP) is 7.26. The molecule has 5 aliphatic rings. The Morgan fingerprint density at radius 2 is 1.87 bits per heavy atom. The third-order valence-corrected chi connectivity index (χ3v) is 11.9. The number of rotatable bonds is 7. The Bertz CT molecular complexity index is 1970. The monoisotopic (exact) mass is 758 g/mol. The van der Waals surface area contributed by atoms with Crippen LogP contribution in [0.4, 0.5) is 15.9 Å². The van der Waals surface area contributed by atoms with Crippen LogP contribution in [0.15, 0.2) is 47.0 Å². The second-order valence-corrected chi connectivity index (χ2v) is 15.5. The summed E-state index contributed by atoms with van der Waals surface area (Å²) >= 11 is 6.65. The molecule has 3 saturated heterocycles. The molecule has 0 radical (unpaired) electrons. The normalized spacial score (nSPS) is 22.7. The number of amides is 1. The van der Waals surface area contributed by atoms with E-state index in [1.54, 1.807) is 13.2 Å². The van der Waals surface area contributed by atoms with Gasteiger partial charge in [0, 0.05) is 79.5 Å². The summed E-state index contributed by atoms with van der Waals surface area (Å²) in [6.45, 7) is 10.7. The molecule has 288 valence electrons. The number of carbonyl (C=O) groups is 1. The Labute approximate surface area is 322 Å². The fourth-order valence-electron chi connectivity index (χ4n) is 8.18. The van der Waals surface area contributed by atoms with Gasteiger partial charge in [0.15, 0.2) is 5.82 Å². The minimum Gasteiger partial charge on any atom is -0.467 e. The van der Waals surface area contributed by atoms with E-state index in [2.05, 4.69) is 56.0 Å². The van der Waals surface area contributed by atoms with Crippen LogP contribution in [0.3, 0.4) is 0 Å². The first kappa shape index (κ1) is 38.0. The molecule has 0 bridgehead atoms. The van der Waals surface area contributed by atoms with E-state index in [0.717, 1.165) is 89.6 Å². The van der Waals surface area contributed by atoms with Crippen molar-refractivity contribution >= 4 is 45.9 Å². The third kappa shape index (κ3) is 7.91. The van der Waals surface area contributed by atoms with Gasteiger partial charge in [0.1, 0.15) is 12.0 Å². The highest BCUT2D eigenvalue weighted by molar-refractivity contribution is 6.36. The minimum atomic E-state index is -0.518. The average Bonchev–Trinajstić information content (AvgIpc) is 3.71. The van der Waals surface area contributed by atoms with E-state index < -0.39 is 6.17 Å². The van der Waals surface area contributed by atoms with Crippen molar-refractivity contribution in [2.45, 2.75) is 95.9 Å². The predicted molar refractivity (Wildman–Crippen MR) is 211 cm³/mol. The molecule has 4 fully saturated rings. The lowest BCUT2D eigenvalue weighted by atomic mass is 10.0. The Morgan fingerprint density at radius 3 is 2.63 bits per heavy atom. The lowest BCUT2D eigenvalue weighted by Gasteiger charge is -2.34. The summed E-state index contributed by atoms with van der Waals surface area (Å²) < 4.78 is 23.5. The van der Waals surface area contributed by atoms with Crippen LogP contribution in [0.25, 0.3) is 16.8 Å². The number of likely N-dealkylation sites (tertiary alicyclic amines) is 1. The van der Waals surface area contributed by atoms with E-state index in [1.165, 1.54) is 18.9 Å². The Morgan fingerprint density at radius 1 is 1.07 bits per heavy atom. The molecule has 11 nitrogen and oxygen atoms in total. The van der Waals surface area contributed by atoms with Gasteiger partial charge in [0.25, 0.3) is 5.89 Å². The molecule has 1 saturated carbocycles. The molecule has 4 aliphatic heterocycles. The SMILES string of the molecule is CC.COc1nc2c(c(N(C)C3CCN(C(=O)/C=C/c4nc(C5(C)CC5)no4)C3)n1)CCN(c1cccc3cccc(Cl)c13)C2.FC1CC2CCCN2C1. The molecule has 54 heavy (non-hydrogen) atoms. The van der Waals surface area contributed by atoms with E-state index in [-0.39, 0.29) is 17.4 Å². The zero-order chi connectivity index (χ0) is 38.0. The molecule has 1 amide bonds. The fraction of sp³-hybridized carbons (Fsp3) is 0.537. The molecule has 3 atom stereocenters. The molecule has 0 spiro atoms. The summed E-state index contributed by atoms with van der Waals surface area (Å²) in [5.74, 6) is 1.87. The number of alkyl halides is 1. The van der Waals surface area contributed by atoms with Gasteiger partial charge in [-0.15, -0.1) is 0 Å². The van der Waals surface area contributed by atoms with Crippen molar-refractivity contribution in [3.63, 3.8) is 0 Å². The van der Waals surface area contributed by atoms with Gasteiger partial charge in [-0.3, -0.25) is 9.69 Å². The second kappa shape index (κ2) is 16.2. The summed E-state index contributed by atoms with van der Waals surface area (Å²) in [7, 11) is 3.64. The molecule has 9 rings (SSSR count). The summed E-state index contributed by atoms with van der Waals surface area (Å²) in [5.41, 5.74) is 3.18. The lowest BCUT2D eigenvalue weighted by Crippen LogP contribution is -2.39. The largest absolute Gasteiger partial charge is 0.467 e. The molecular weight excluding hydrogens is 707 g/mol. The van der Waals surface area contributed by atoms with Gasteiger partial charge >= 0.3 is 6.01 Å². The topological polar surface area (TPSA) is 104 Å². The van der Waals surface area contributed by atoms with Crippen LogP contribution in [0.5, 0.6) is 6.01 Å². The Balaban J connectivity index is 0.000000352. The molecular formula is C41H52ClFN8O3. The van der Waals surface area contributed by atoms with Crippen LogP contribution in [0.1, 0.15) is 82.3 Å². The number of likely N-dealkylation sites (N-methyl/N-ethyl adjacent to an activating group) is 1. The zero-order valence-electron chi connectivity index (χ0n) is 32.1. The van der Waals surface area contributed by atoms with E-state index in [0.29, 0.717) is 44.1 Å². The molecule has 0 N–H and O–H groups in total. The van der Waals surface area contributed by atoms with Crippen LogP contribution < -0.4 is 14.5 Å². The average molecular weight is 759 g/mol. The van der Waals surface area contributed by atoms with Crippen LogP contribution in [0, 0.1) is 0 Å². The Kier molecular flexibility index (Phi) is 11.4. The van der Waals surface area contributed by atoms with E-state index in [9.17, 15) is 9.18 Å². The van der Waals surface area contributed by atoms with Crippen LogP contribution in [0.2, 0.25) is 5.02 Å². The van der Waals surface area contributed by atoms with Crippen molar-refractivity contribution < 1.29 is 18.4 Å². The number of ether oxygens (including phenoxy) is 1. The first-order chi connectivity index (χ1) is 26.2. The maximum atomic E-state index is 13.0. The highest BCUT2D eigenvalue weighted by atomic mass is 35.5. The molecule has 13 heteroatoms. The number of nitrogens with zero attached hydrogens (tertiary/aromatic N) is 8. The van der Waals surface area contributed by atoms with Gasteiger partial charge in [0.2, 0.25) is 5.91 Å². The number of fused-ring (bicyclic) bond motifs is 3. The highest BCUT2D eigenvalue weighted by Crippen LogP contribution is 2.46. The van der Waals surface area contributed by atoms with Gasteiger partial charge in [0.05, 0.1) is 24.4 Å². The number of hydrogen-bond acceptors (Lipinski definition) is 10. The van der Waals surface area contributed by atoms with E-state index in [4.69, 9.17) is 30.8 Å².